The van der Waals surface area contributed by atoms with Crippen LogP contribution in [0.1, 0.15) is 47.7 Å². The van der Waals surface area contributed by atoms with Crippen molar-refractivity contribution in [3.63, 3.8) is 0 Å². The fourth-order valence-corrected chi connectivity index (χ4v) is 2.11. The topological polar surface area (TPSA) is 64.1 Å². The summed E-state index contributed by atoms with van der Waals surface area (Å²) < 4.78 is 5.54. The van der Waals surface area contributed by atoms with E-state index in [0.29, 0.717) is 24.4 Å². The highest BCUT2D eigenvalue weighted by Crippen LogP contribution is 2.12. The third-order valence-corrected chi connectivity index (χ3v) is 3.44. The summed E-state index contributed by atoms with van der Waals surface area (Å²) in [6, 6.07) is 7.74. The van der Waals surface area contributed by atoms with Crippen molar-refractivity contribution in [1.82, 2.24) is 15.3 Å². The quantitative estimate of drug-likeness (QED) is 0.853. The van der Waals surface area contributed by atoms with Crippen LogP contribution in [0.4, 0.5) is 0 Å². The van der Waals surface area contributed by atoms with Crippen LogP contribution in [-0.2, 0) is 13.0 Å². The maximum atomic E-state index is 12.2. The zero-order valence-electron chi connectivity index (χ0n) is 13.9. The predicted octanol–water partition coefficient (Wildman–Crippen LogP) is 3.07. The molecule has 0 bridgehead atoms. The molecule has 0 fully saturated rings. The average Bonchev–Trinajstić information content (AvgIpc) is 2.58. The molecule has 0 spiro atoms. The monoisotopic (exact) mass is 313 g/mol. The van der Waals surface area contributed by atoms with E-state index in [1.165, 1.54) is 0 Å². The first kappa shape index (κ1) is 16.9. The third-order valence-electron chi connectivity index (χ3n) is 3.44. The van der Waals surface area contributed by atoms with E-state index in [9.17, 15) is 4.79 Å². The number of ether oxygens (including phenoxy) is 1. The Hall–Kier alpha value is -2.43. The Kier molecular flexibility index (Phi) is 6.09. The van der Waals surface area contributed by atoms with Crippen molar-refractivity contribution in [2.24, 2.45) is 0 Å². The molecule has 5 nitrogen and oxygen atoms in total. The van der Waals surface area contributed by atoms with Gasteiger partial charge in [0.2, 0.25) is 0 Å². The number of carbonyl (C=O) groups excluding carboxylic acids is 1. The molecule has 0 aliphatic carbocycles. The van der Waals surface area contributed by atoms with Crippen LogP contribution >= 0.6 is 0 Å². The van der Waals surface area contributed by atoms with Crippen LogP contribution in [0.5, 0.6) is 5.75 Å². The highest BCUT2D eigenvalue weighted by atomic mass is 16.5. The highest BCUT2D eigenvalue weighted by Gasteiger charge is 2.11. The minimum absolute atomic E-state index is 0.156. The molecule has 0 aliphatic rings. The molecule has 0 atom stereocenters. The fourth-order valence-electron chi connectivity index (χ4n) is 2.11. The molecule has 5 heteroatoms. The van der Waals surface area contributed by atoms with Crippen molar-refractivity contribution in [2.75, 3.05) is 6.61 Å². The van der Waals surface area contributed by atoms with Crippen LogP contribution in [0.15, 0.2) is 30.5 Å². The van der Waals surface area contributed by atoms with E-state index < -0.39 is 0 Å². The Morgan fingerprint density at radius 3 is 2.57 bits per heavy atom. The highest BCUT2D eigenvalue weighted by molar-refractivity contribution is 5.94. The van der Waals surface area contributed by atoms with Crippen LogP contribution in [0.2, 0.25) is 0 Å². The number of nitrogens with zero attached hydrogens (tertiary/aromatic N) is 2. The van der Waals surface area contributed by atoms with E-state index in [1.807, 2.05) is 38.1 Å². The summed E-state index contributed by atoms with van der Waals surface area (Å²) in [6.45, 7) is 7.06. The van der Waals surface area contributed by atoms with Gasteiger partial charge in [-0.3, -0.25) is 4.79 Å². The Balaban J connectivity index is 1.93. The molecule has 0 aliphatic heterocycles. The normalized spacial score (nSPS) is 10.4. The summed E-state index contributed by atoms with van der Waals surface area (Å²) in [5.74, 6) is 1.44. The molecule has 1 N–H and O–H groups in total. The molecule has 0 radical (unpaired) electrons. The number of aromatic nitrogens is 2. The molecule has 23 heavy (non-hydrogen) atoms. The number of rotatable bonds is 7. The molecule has 1 aromatic heterocycles. The van der Waals surface area contributed by atoms with Crippen LogP contribution < -0.4 is 10.1 Å². The Morgan fingerprint density at radius 2 is 1.96 bits per heavy atom. The summed E-state index contributed by atoms with van der Waals surface area (Å²) in [5, 5.41) is 2.90. The zero-order valence-corrected chi connectivity index (χ0v) is 13.9. The van der Waals surface area contributed by atoms with Crippen LogP contribution in [0.3, 0.4) is 0 Å². The van der Waals surface area contributed by atoms with Gasteiger partial charge in [0.15, 0.2) is 0 Å². The Labute approximate surface area is 137 Å². The van der Waals surface area contributed by atoms with Gasteiger partial charge in [-0.2, -0.15) is 0 Å². The number of amides is 1. The van der Waals surface area contributed by atoms with Gasteiger partial charge < -0.3 is 10.1 Å². The van der Waals surface area contributed by atoms with Gasteiger partial charge in [0.05, 0.1) is 17.9 Å². The summed E-state index contributed by atoms with van der Waals surface area (Å²) in [7, 11) is 0. The Bertz CT molecular complexity index is 654. The molecule has 0 unspecified atom stereocenters. The van der Waals surface area contributed by atoms with Gasteiger partial charge >= 0.3 is 0 Å². The van der Waals surface area contributed by atoms with Crippen molar-refractivity contribution in [1.29, 1.82) is 0 Å². The van der Waals surface area contributed by atoms with Crippen LogP contribution in [0, 0.1) is 6.92 Å². The molecule has 2 rings (SSSR count). The van der Waals surface area contributed by atoms with Gasteiger partial charge in [0.1, 0.15) is 11.6 Å². The number of benzene rings is 1. The lowest BCUT2D eigenvalue weighted by Gasteiger charge is -2.09. The predicted molar refractivity (Wildman–Crippen MR) is 89.5 cm³/mol. The van der Waals surface area contributed by atoms with Crippen LogP contribution in [-0.4, -0.2) is 22.5 Å². The SMILES string of the molecule is CCCOc1ccc(CNC(=O)c2cnc(CC)nc2C)cc1. The van der Waals surface area contributed by atoms with Crippen molar-refractivity contribution in [3.8, 4) is 5.75 Å². The second kappa shape index (κ2) is 8.27. The zero-order chi connectivity index (χ0) is 16.7. The maximum Gasteiger partial charge on any atom is 0.254 e. The summed E-state index contributed by atoms with van der Waals surface area (Å²) in [4.78, 5) is 20.7. The van der Waals surface area contributed by atoms with Crippen molar-refractivity contribution < 1.29 is 9.53 Å². The van der Waals surface area contributed by atoms with Gasteiger partial charge in [-0.1, -0.05) is 26.0 Å². The Morgan fingerprint density at radius 1 is 1.22 bits per heavy atom. The van der Waals surface area contributed by atoms with Crippen molar-refractivity contribution >= 4 is 5.91 Å². The lowest BCUT2D eigenvalue weighted by molar-refractivity contribution is 0.0949. The first-order chi connectivity index (χ1) is 11.1. The number of carbonyl (C=O) groups is 1. The third kappa shape index (κ3) is 4.77. The van der Waals surface area contributed by atoms with E-state index in [1.54, 1.807) is 6.20 Å². The molecule has 1 amide bonds. The van der Waals surface area contributed by atoms with Gasteiger partial charge in [-0.25, -0.2) is 9.97 Å². The molecule has 0 saturated heterocycles. The summed E-state index contributed by atoms with van der Waals surface area (Å²) in [6.07, 6.45) is 3.34. The molecule has 1 aromatic carbocycles. The number of hydrogen-bond donors (Lipinski definition) is 1. The lowest BCUT2D eigenvalue weighted by atomic mass is 10.2. The van der Waals surface area contributed by atoms with E-state index in [4.69, 9.17) is 4.74 Å². The molecule has 1 heterocycles. The average molecular weight is 313 g/mol. The summed E-state index contributed by atoms with van der Waals surface area (Å²) in [5.41, 5.74) is 2.24. The molecular weight excluding hydrogens is 290 g/mol. The van der Waals surface area contributed by atoms with E-state index >= 15 is 0 Å². The minimum Gasteiger partial charge on any atom is -0.494 e. The van der Waals surface area contributed by atoms with Gasteiger partial charge in [-0.15, -0.1) is 0 Å². The minimum atomic E-state index is -0.156. The van der Waals surface area contributed by atoms with E-state index in [2.05, 4.69) is 22.2 Å². The second-order valence-corrected chi connectivity index (χ2v) is 5.31. The van der Waals surface area contributed by atoms with Gasteiger partial charge in [-0.05, 0) is 31.0 Å². The van der Waals surface area contributed by atoms with Crippen LogP contribution in [0.25, 0.3) is 0 Å². The van der Waals surface area contributed by atoms with Gasteiger partial charge in [0, 0.05) is 19.2 Å². The van der Waals surface area contributed by atoms with Crippen molar-refractivity contribution in [3.05, 3.63) is 53.1 Å². The molecule has 0 saturated carbocycles. The molecular formula is C18H23N3O2. The number of nitrogens with one attached hydrogen (secondary N) is 1. The standard InChI is InChI=1S/C18H23N3O2/c1-4-10-23-15-8-6-14(7-9-15)11-20-18(22)16-12-19-17(5-2)21-13(16)3/h6-9,12H,4-5,10-11H2,1-3H3,(H,20,22). The lowest BCUT2D eigenvalue weighted by Crippen LogP contribution is -2.24. The maximum absolute atomic E-state index is 12.2. The second-order valence-electron chi connectivity index (χ2n) is 5.31. The first-order valence-electron chi connectivity index (χ1n) is 7.96. The van der Waals surface area contributed by atoms with E-state index in [0.717, 1.165) is 30.0 Å². The fraction of sp³-hybridized carbons (Fsp3) is 0.389. The van der Waals surface area contributed by atoms with E-state index in [-0.39, 0.29) is 5.91 Å². The number of aryl methyl sites for hydroxylation is 2. The van der Waals surface area contributed by atoms with Gasteiger partial charge in [0.25, 0.3) is 5.91 Å². The molecule has 122 valence electrons. The van der Waals surface area contributed by atoms with Crippen molar-refractivity contribution in [2.45, 2.75) is 40.2 Å². The first-order valence-corrected chi connectivity index (χ1v) is 7.96. The number of hydrogen-bond acceptors (Lipinski definition) is 4. The summed E-state index contributed by atoms with van der Waals surface area (Å²) >= 11 is 0. The smallest absolute Gasteiger partial charge is 0.254 e. The largest absolute Gasteiger partial charge is 0.494 e. The molecule has 2 aromatic rings.